The Hall–Kier alpha value is -5.61. The highest BCUT2D eigenvalue weighted by Crippen LogP contribution is 2.27. The second kappa shape index (κ2) is 14.2. The summed E-state index contributed by atoms with van der Waals surface area (Å²) in [6.45, 7) is 2.96. The molecule has 2 N–H and O–H groups in total. The number of carbonyl (C=O) groups excluding carboxylic acids is 1. The number of aryl methyl sites for hydroxylation is 1. The predicted octanol–water partition coefficient (Wildman–Crippen LogP) is 2.03. The molecule has 6 rings (SSSR count). The third kappa shape index (κ3) is 7.93. The molecule has 0 aliphatic heterocycles. The second-order valence-electron chi connectivity index (χ2n) is 12.1. The van der Waals surface area contributed by atoms with Crippen LogP contribution in [-0.4, -0.2) is 70.2 Å². The summed E-state index contributed by atoms with van der Waals surface area (Å²) < 4.78 is 17.6. The lowest BCUT2D eigenvalue weighted by molar-refractivity contribution is -0.898. The smallest absolute Gasteiger partial charge is 0.391 e. The Balaban J connectivity index is 0.00000468. The van der Waals surface area contributed by atoms with Gasteiger partial charge in [-0.2, -0.15) is 5.10 Å². The zero-order valence-electron chi connectivity index (χ0n) is 27.1. The molecule has 1 amide bonds. The number of imidazole rings is 1. The van der Waals surface area contributed by atoms with Gasteiger partial charge in [0.1, 0.15) is 30.3 Å². The molecule has 0 spiro atoms. The average molecular weight is 731 g/mol. The Bertz CT molecular complexity index is 2210. The number of aromatic nitrogens is 7. The van der Waals surface area contributed by atoms with Crippen LogP contribution in [0.5, 0.6) is 0 Å². The van der Waals surface area contributed by atoms with Crippen LogP contribution >= 0.6 is 0 Å². The molecule has 0 unspecified atom stereocenters. The highest BCUT2D eigenvalue weighted by Gasteiger charge is 2.29. The molecule has 252 valence electrons. The van der Waals surface area contributed by atoms with E-state index in [0.29, 0.717) is 58.2 Å². The number of quaternary nitrogens is 1. The zero-order valence-corrected chi connectivity index (χ0v) is 28.7. The van der Waals surface area contributed by atoms with Gasteiger partial charge in [0.25, 0.3) is 0 Å². The van der Waals surface area contributed by atoms with Crippen LogP contribution in [0.3, 0.4) is 0 Å². The predicted molar refractivity (Wildman–Crippen MR) is 179 cm³/mol. The maximum atomic E-state index is 13.7. The van der Waals surface area contributed by atoms with Crippen molar-refractivity contribution in [3.63, 3.8) is 0 Å². The molecule has 0 aliphatic carbocycles. The molecule has 16 heteroatoms. The largest absolute Gasteiger partial charge is 1.00 e. The van der Waals surface area contributed by atoms with E-state index in [2.05, 4.69) is 35.7 Å². The number of likely N-dealkylation sites (N-methyl/N-ethyl adjacent to an activating group) is 1. The van der Waals surface area contributed by atoms with Gasteiger partial charge in [-0.15, -0.1) is 0 Å². The summed E-state index contributed by atoms with van der Waals surface area (Å²) in [6, 6.07) is 13.9. The zero-order chi connectivity index (χ0) is 34.0. The minimum atomic E-state index is -0.472. The Kier molecular flexibility index (Phi) is 10.1. The Morgan fingerprint density at radius 1 is 1.10 bits per heavy atom. The van der Waals surface area contributed by atoms with Gasteiger partial charge in [-0.1, -0.05) is 12.1 Å². The molecule has 0 atom stereocenters. The first-order valence-corrected chi connectivity index (χ1v) is 15.0. The summed E-state index contributed by atoms with van der Waals surface area (Å²) in [5.41, 5.74) is 3.58. The number of benzene rings is 2. The normalized spacial score (nSPS) is 11.6. The lowest BCUT2D eigenvalue weighted by Crippen LogP contribution is -3.00. The van der Waals surface area contributed by atoms with Gasteiger partial charge < -0.3 is 46.8 Å². The molecule has 2 aromatic carbocycles. The third-order valence-corrected chi connectivity index (χ3v) is 7.93. The quantitative estimate of drug-likeness (QED) is 0.0881. The molecular weight excluding hydrogens is 697 g/mol. The number of anilines is 3. The molecule has 14 nitrogen and oxygen atoms in total. The van der Waals surface area contributed by atoms with Crippen LogP contribution in [0, 0.1) is 22.9 Å². The topological polar surface area (TPSA) is 159 Å². The van der Waals surface area contributed by atoms with Crippen LogP contribution in [0.4, 0.5) is 27.5 Å². The molecule has 4 heterocycles. The minimum Gasteiger partial charge on any atom is -1.00 e. The first-order chi connectivity index (χ1) is 23.0. The van der Waals surface area contributed by atoms with Gasteiger partial charge >= 0.3 is 5.82 Å². The van der Waals surface area contributed by atoms with Crippen LogP contribution in [0.1, 0.15) is 17.1 Å². The van der Waals surface area contributed by atoms with Crippen LogP contribution in [0.15, 0.2) is 79.4 Å². The van der Waals surface area contributed by atoms with Gasteiger partial charge in [0.2, 0.25) is 11.7 Å². The fourth-order valence-corrected chi connectivity index (χ4v) is 5.41. The lowest BCUT2D eigenvalue weighted by Gasteiger charge is -2.28. The highest BCUT2D eigenvalue weighted by atomic mass is 79.9. The van der Waals surface area contributed by atoms with Crippen molar-refractivity contribution >= 4 is 50.9 Å². The molecule has 49 heavy (non-hydrogen) atoms. The van der Waals surface area contributed by atoms with Gasteiger partial charge in [0.05, 0.1) is 50.6 Å². The molecule has 0 saturated heterocycles. The van der Waals surface area contributed by atoms with Crippen molar-refractivity contribution in [2.75, 3.05) is 31.3 Å². The second-order valence-corrected chi connectivity index (χ2v) is 12.1. The first kappa shape index (κ1) is 34.7. The van der Waals surface area contributed by atoms with Gasteiger partial charge in [-0.25, -0.2) is 19.3 Å². The first-order valence-electron chi connectivity index (χ1n) is 15.0. The van der Waals surface area contributed by atoms with Gasteiger partial charge in [0, 0.05) is 36.5 Å². The van der Waals surface area contributed by atoms with E-state index in [1.807, 2.05) is 43.0 Å². The van der Waals surface area contributed by atoms with Crippen molar-refractivity contribution in [1.29, 1.82) is 0 Å². The Morgan fingerprint density at radius 2 is 1.92 bits per heavy atom. The standard InChI is InChI=1S/C33H32FN11O3.BrH/c1-21-39-33(44(47)48)29(42(21)2)19-45(3,4)12-6-9-31(46)41-30-15-26-27(17-35-30)36-20-37-32(26)40-25-10-11-28-23(14-25)16-38-43(28)18-22-7-5-8-24(34)13-22;/h5-11,13-17,20H,12,18-19H2,1-4H3,(H-,35,36,37,40,41,46);1H/b9-6+;. The van der Waals surface area contributed by atoms with E-state index < -0.39 is 4.92 Å². The molecule has 0 saturated carbocycles. The number of nitrogens with one attached hydrogen (secondary N) is 2. The van der Waals surface area contributed by atoms with E-state index in [1.54, 1.807) is 49.1 Å². The average Bonchev–Trinajstić information content (AvgIpc) is 3.56. The molecule has 4 aromatic heterocycles. The number of hydrogen-bond acceptors (Lipinski definition) is 9. The van der Waals surface area contributed by atoms with E-state index >= 15 is 0 Å². The van der Waals surface area contributed by atoms with Crippen molar-refractivity contribution in [3.8, 4) is 0 Å². The van der Waals surface area contributed by atoms with Crippen LogP contribution in [0.25, 0.3) is 21.8 Å². The van der Waals surface area contributed by atoms with Crippen molar-refractivity contribution in [2.24, 2.45) is 7.05 Å². The number of fused-ring (bicyclic) bond motifs is 2. The van der Waals surface area contributed by atoms with Crippen molar-refractivity contribution in [1.82, 2.24) is 34.3 Å². The van der Waals surface area contributed by atoms with E-state index in [1.165, 1.54) is 24.5 Å². The summed E-state index contributed by atoms with van der Waals surface area (Å²) in [5.74, 6) is 0.584. The number of amides is 1. The Morgan fingerprint density at radius 3 is 2.69 bits per heavy atom. The molecule has 0 fully saturated rings. The number of nitro groups is 1. The minimum absolute atomic E-state index is 0. The summed E-state index contributed by atoms with van der Waals surface area (Å²) in [5, 5.41) is 23.6. The van der Waals surface area contributed by atoms with Gasteiger partial charge in [-0.05, 0) is 57.9 Å². The molecule has 0 radical (unpaired) electrons. The highest BCUT2D eigenvalue weighted by molar-refractivity contribution is 6.00. The van der Waals surface area contributed by atoms with Crippen molar-refractivity contribution in [3.05, 3.63) is 112 Å². The fraction of sp³-hybridized carbons (Fsp3) is 0.212. The number of nitrogens with zero attached hydrogens (tertiary/aromatic N) is 9. The number of carbonyl (C=O) groups is 1. The van der Waals surface area contributed by atoms with E-state index in [0.717, 1.165) is 22.2 Å². The van der Waals surface area contributed by atoms with Crippen LogP contribution in [0.2, 0.25) is 0 Å². The number of rotatable bonds is 11. The number of pyridine rings is 1. The summed E-state index contributed by atoms with van der Waals surface area (Å²) in [6.07, 6.45) is 7.89. The molecular formula is C33H33BrFN11O3. The number of halogens is 2. The fourth-order valence-electron chi connectivity index (χ4n) is 5.41. The number of hydrogen-bond donors (Lipinski definition) is 2. The SMILES string of the molecule is Cc1nc([N+](=O)[O-])c(C[N+](C)(C)C/C=C/C(=O)Nc2cc3c(Nc4ccc5c(cnn5Cc5cccc(F)c5)c4)ncnc3cn2)n1C.[Br-]. The monoisotopic (exact) mass is 729 g/mol. The van der Waals surface area contributed by atoms with Gasteiger partial charge in [-0.3, -0.25) is 9.48 Å². The van der Waals surface area contributed by atoms with Crippen LogP contribution in [-0.2, 0) is 24.9 Å². The lowest BCUT2D eigenvalue weighted by atomic mass is 10.2. The molecule has 6 aromatic rings. The molecule has 0 bridgehead atoms. The van der Waals surface area contributed by atoms with E-state index in [-0.39, 0.29) is 34.5 Å². The van der Waals surface area contributed by atoms with Gasteiger partial charge in [0.15, 0.2) is 5.69 Å². The summed E-state index contributed by atoms with van der Waals surface area (Å²) in [7, 11) is 5.59. The van der Waals surface area contributed by atoms with Crippen LogP contribution < -0.4 is 27.6 Å². The third-order valence-electron chi connectivity index (χ3n) is 7.93. The Labute approximate surface area is 290 Å². The summed E-state index contributed by atoms with van der Waals surface area (Å²) >= 11 is 0. The summed E-state index contributed by atoms with van der Waals surface area (Å²) in [4.78, 5) is 40.9. The molecule has 0 aliphatic rings. The maximum absolute atomic E-state index is 13.7. The van der Waals surface area contributed by atoms with E-state index in [9.17, 15) is 19.3 Å². The van der Waals surface area contributed by atoms with Crippen molar-refractivity contribution < 1.29 is 35.6 Å². The van der Waals surface area contributed by atoms with Crippen molar-refractivity contribution in [2.45, 2.75) is 20.0 Å². The van der Waals surface area contributed by atoms with E-state index in [4.69, 9.17) is 0 Å². The maximum Gasteiger partial charge on any atom is 0.391 e.